The van der Waals surface area contributed by atoms with Gasteiger partial charge in [0.05, 0.1) is 28.7 Å². The van der Waals surface area contributed by atoms with Crippen molar-refractivity contribution in [3.63, 3.8) is 0 Å². The lowest BCUT2D eigenvalue weighted by Gasteiger charge is -2.51. The summed E-state index contributed by atoms with van der Waals surface area (Å²) >= 11 is 2.00. The van der Waals surface area contributed by atoms with Crippen LogP contribution in [0.3, 0.4) is 0 Å². The molecule has 1 spiro atoms. The third kappa shape index (κ3) is 5.91. The quantitative estimate of drug-likeness (QED) is 0.256. The predicted molar refractivity (Wildman–Crippen MR) is 175 cm³/mol. The van der Waals surface area contributed by atoms with Crippen LogP contribution in [0.15, 0.2) is 24.5 Å². The highest BCUT2D eigenvalue weighted by atomic mass is 32.2. The number of anilines is 1. The molecule has 10 nitrogen and oxygen atoms in total. The van der Waals surface area contributed by atoms with Crippen LogP contribution in [-0.4, -0.2) is 103 Å². The number of aliphatic hydroxyl groups is 2. The number of hydrogen-bond donors (Lipinski definition) is 3. The van der Waals surface area contributed by atoms with Gasteiger partial charge in [-0.05, 0) is 82.0 Å². The van der Waals surface area contributed by atoms with Crippen LogP contribution in [0.4, 0.5) is 14.6 Å². The van der Waals surface area contributed by atoms with Crippen molar-refractivity contribution in [3.05, 3.63) is 36.2 Å². The molecule has 9 rings (SSSR count). The third-order valence-corrected chi connectivity index (χ3v) is 10.6. The Morgan fingerprint density at radius 1 is 1.00 bits per heavy atom. The Balaban J connectivity index is 0.000000630. The summed E-state index contributed by atoms with van der Waals surface area (Å²) in [5.41, 5.74) is 0.925. The first-order chi connectivity index (χ1) is 22.4. The molecule has 1 aliphatic carbocycles. The zero-order chi connectivity index (χ0) is 31.9. The molecule has 5 aliphatic rings. The average Bonchev–Trinajstić information content (AvgIpc) is 3.62. The van der Waals surface area contributed by atoms with Crippen molar-refractivity contribution in [1.29, 1.82) is 0 Å². The highest BCUT2D eigenvalue weighted by molar-refractivity contribution is 8.06. The number of H-pyrrole nitrogens is 1. The van der Waals surface area contributed by atoms with E-state index in [1.165, 1.54) is 23.6 Å². The molecule has 246 valence electrons. The highest BCUT2D eigenvalue weighted by Gasteiger charge is 2.47. The monoisotopic (exact) mass is 653 g/mol. The lowest BCUT2D eigenvalue weighted by Crippen LogP contribution is -2.52. The zero-order valence-corrected chi connectivity index (χ0v) is 27.0. The number of rotatable bonds is 5. The van der Waals surface area contributed by atoms with Crippen LogP contribution in [0.5, 0.6) is 6.01 Å². The molecular formula is C33H41F2N7O3S. The number of aliphatic hydroxyl groups excluding tert-OH is 2. The zero-order valence-electron chi connectivity index (χ0n) is 26.1. The third-order valence-electron chi connectivity index (χ3n) is 10.2. The van der Waals surface area contributed by atoms with Crippen LogP contribution in [0, 0.1) is 17.0 Å². The largest absolute Gasteiger partial charge is 0.461 e. The molecule has 1 saturated carbocycles. The van der Waals surface area contributed by atoms with E-state index in [1.54, 1.807) is 12.4 Å². The van der Waals surface area contributed by atoms with E-state index in [0.717, 1.165) is 84.7 Å². The second kappa shape index (κ2) is 12.8. The Labute approximate surface area is 271 Å². The summed E-state index contributed by atoms with van der Waals surface area (Å²) in [6, 6.07) is 2.76. The standard InChI is InChI=1S/C30H33F2N7O2.C2H4S.CH4O/c31-18-10-20(21-15-34-37-23(21)11-18)25-24(32)26-22(14-33-25)27(38-7-1-4-29(16-38)12-19(40)13-29)36-28(35-26)41-17-30-5-2-8-39(30)9-3-6-30;1-2-3-1;1-2/h10-11,14-15,19,40H,1-9,12-13,16-17H2,(H,34,37);1-2H2;2H,1H3. The fourth-order valence-corrected chi connectivity index (χ4v) is 8.05. The van der Waals surface area contributed by atoms with E-state index < -0.39 is 11.6 Å². The number of fused-ring (bicyclic) bond motifs is 3. The van der Waals surface area contributed by atoms with Crippen LogP contribution < -0.4 is 9.64 Å². The molecule has 3 N–H and O–H groups in total. The number of hydrogen-bond acceptors (Lipinski definition) is 10. The molecule has 0 amide bonds. The minimum Gasteiger partial charge on any atom is -0.461 e. The van der Waals surface area contributed by atoms with Gasteiger partial charge in [0.1, 0.15) is 29.5 Å². The van der Waals surface area contributed by atoms with Gasteiger partial charge in [-0.25, -0.2) is 8.78 Å². The molecule has 5 fully saturated rings. The molecule has 4 aromatic rings. The minimum absolute atomic E-state index is 0.00702. The van der Waals surface area contributed by atoms with E-state index in [4.69, 9.17) is 14.8 Å². The normalized spacial score (nSPS) is 24.6. The van der Waals surface area contributed by atoms with Gasteiger partial charge in [0.25, 0.3) is 0 Å². The Bertz CT molecular complexity index is 1700. The first-order valence-corrected chi connectivity index (χ1v) is 17.4. The number of halogens is 2. The van der Waals surface area contributed by atoms with Gasteiger partial charge in [0.2, 0.25) is 0 Å². The van der Waals surface area contributed by atoms with Gasteiger partial charge in [-0.3, -0.25) is 15.0 Å². The Morgan fingerprint density at radius 2 is 1.74 bits per heavy atom. The maximum Gasteiger partial charge on any atom is 0.319 e. The summed E-state index contributed by atoms with van der Waals surface area (Å²) in [5, 5.41) is 24.9. The van der Waals surface area contributed by atoms with Crippen molar-refractivity contribution in [2.24, 2.45) is 5.41 Å². The van der Waals surface area contributed by atoms with Crippen LogP contribution in [0.25, 0.3) is 33.1 Å². The molecule has 0 radical (unpaired) electrons. The van der Waals surface area contributed by atoms with E-state index >= 15 is 4.39 Å². The van der Waals surface area contributed by atoms with Crippen LogP contribution in [0.1, 0.15) is 51.4 Å². The summed E-state index contributed by atoms with van der Waals surface area (Å²) in [5.74, 6) is 2.28. The molecule has 0 unspecified atom stereocenters. The molecule has 13 heteroatoms. The summed E-state index contributed by atoms with van der Waals surface area (Å²) in [7, 11) is 1.00. The Kier molecular flexibility index (Phi) is 8.77. The van der Waals surface area contributed by atoms with Gasteiger partial charge in [0.15, 0.2) is 5.82 Å². The maximum atomic E-state index is 16.5. The highest BCUT2D eigenvalue weighted by Crippen LogP contribution is 2.49. The smallest absolute Gasteiger partial charge is 0.319 e. The van der Waals surface area contributed by atoms with E-state index in [9.17, 15) is 9.50 Å². The molecule has 4 aliphatic heterocycles. The topological polar surface area (TPSA) is 124 Å². The molecule has 7 heterocycles. The number of nitrogens with one attached hydrogen (secondary N) is 1. The van der Waals surface area contributed by atoms with Gasteiger partial charge >= 0.3 is 6.01 Å². The molecule has 0 atom stereocenters. The second-order valence-electron chi connectivity index (χ2n) is 13.2. The number of benzene rings is 1. The van der Waals surface area contributed by atoms with Crippen molar-refractivity contribution in [2.75, 3.05) is 56.3 Å². The number of nitrogens with zero attached hydrogens (tertiary/aromatic N) is 6. The average molecular weight is 654 g/mol. The number of aromatic nitrogens is 5. The number of piperidine rings is 1. The summed E-state index contributed by atoms with van der Waals surface area (Å²) in [4.78, 5) is 18.7. The van der Waals surface area contributed by atoms with Gasteiger partial charge in [-0.2, -0.15) is 26.8 Å². The SMILES string of the molecule is C1CS1.CO.OC1CC2(CCCN(c3nc(OCC45CCCN4CCC5)nc4c(F)c(-c5cc(F)cc6[nH]ncc56)ncc34)C2)C1. The van der Waals surface area contributed by atoms with E-state index in [2.05, 4.69) is 30.0 Å². The fraction of sp³-hybridized carbons (Fsp3) is 0.576. The molecule has 0 bridgehead atoms. The second-order valence-corrected chi connectivity index (χ2v) is 14.4. The van der Waals surface area contributed by atoms with Crippen molar-refractivity contribution in [3.8, 4) is 17.3 Å². The van der Waals surface area contributed by atoms with E-state index in [-0.39, 0.29) is 34.3 Å². The van der Waals surface area contributed by atoms with Crippen molar-refractivity contribution >= 4 is 39.4 Å². The number of thioether (sulfide) groups is 1. The summed E-state index contributed by atoms with van der Waals surface area (Å²) in [6.07, 6.45) is 10.9. The summed E-state index contributed by atoms with van der Waals surface area (Å²) in [6.45, 7) is 4.12. The lowest BCUT2D eigenvalue weighted by atomic mass is 9.62. The van der Waals surface area contributed by atoms with Crippen molar-refractivity contribution in [1.82, 2.24) is 30.0 Å². The number of aromatic amines is 1. The molecule has 4 saturated heterocycles. The van der Waals surface area contributed by atoms with Gasteiger partial charge < -0.3 is 19.8 Å². The van der Waals surface area contributed by atoms with Gasteiger partial charge in [0, 0.05) is 48.9 Å². The van der Waals surface area contributed by atoms with E-state index in [1.807, 2.05) is 11.8 Å². The maximum absolute atomic E-state index is 16.5. The van der Waals surface area contributed by atoms with Crippen molar-refractivity contribution < 1.29 is 23.7 Å². The lowest BCUT2D eigenvalue weighted by molar-refractivity contribution is -0.0396. The minimum atomic E-state index is -0.642. The Hall–Kier alpha value is -3.13. The van der Waals surface area contributed by atoms with Crippen LogP contribution in [0.2, 0.25) is 0 Å². The first kappa shape index (κ1) is 31.5. The Morgan fingerprint density at radius 3 is 2.46 bits per heavy atom. The summed E-state index contributed by atoms with van der Waals surface area (Å²) < 4.78 is 37.3. The predicted octanol–water partition coefficient (Wildman–Crippen LogP) is 4.94. The molecule has 3 aromatic heterocycles. The van der Waals surface area contributed by atoms with Crippen LogP contribution >= 0.6 is 11.8 Å². The number of ether oxygens (including phenoxy) is 1. The van der Waals surface area contributed by atoms with Gasteiger partial charge in [-0.15, -0.1) is 0 Å². The first-order valence-electron chi connectivity index (χ1n) is 16.2. The van der Waals surface area contributed by atoms with E-state index in [0.29, 0.717) is 34.3 Å². The van der Waals surface area contributed by atoms with Crippen molar-refractivity contribution in [2.45, 2.75) is 63.0 Å². The fourth-order valence-electron chi connectivity index (χ4n) is 8.05. The van der Waals surface area contributed by atoms with Gasteiger partial charge in [-0.1, -0.05) is 0 Å². The number of pyridine rings is 1. The van der Waals surface area contributed by atoms with Crippen LogP contribution in [-0.2, 0) is 0 Å². The molecular weight excluding hydrogens is 612 g/mol. The molecule has 1 aromatic carbocycles. The molecule has 46 heavy (non-hydrogen) atoms.